The predicted molar refractivity (Wildman–Crippen MR) is 118 cm³/mol. The fourth-order valence-electron chi connectivity index (χ4n) is 3.44. The summed E-state index contributed by atoms with van der Waals surface area (Å²) in [7, 11) is 0. The van der Waals surface area contributed by atoms with Gasteiger partial charge < -0.3 is 9.84 Å². The molecule has 0 heterocycles. The van der Waals surface area contributed by atoms with Crippen molar-refractivity contribution in [2.45, 2.75) is 45.4 Å². The molecule has 0 bridgehead atoms. The maximum atomic E-state index is 14.7. The summed E-state index contributed by atoms with van der Waals surface area (Å²) in [4.78, 5) is 0. The topological polar surface area (TPSA) is 29.5 Å². The molecule has 4 heteroatoms. The minimum Gasteiger partial charge on any atom is -0.508 e. The summed E-state index contributed by atoms with van der Waals surface area (Å²) in [5.41, 5.74) is 1.47. The molecule has 0 radical (unpaired) electrons. The van der Waals surface area contributed by atoms with Crippen LogP contribution in [0.3, 0.4) is 0 Å². The predicted octanol–water partition coefficient (Wildman–Crippen LogP) is 7.74. The summed E-state index contributed by atoms with van der Waals surface area (Å²) in [6.07, 6.45) is 7.22. The van der Waals surface area contributed by atoms with Gasteiger partial charge in [-0.2, -0.15) is 0 Å². The van der Waals surface area contributed by atoms with E-state index in [1.54, 1.807) is 48.5 Å². The number of halogens is 2. The van der Waals surface area contributed by atoms with E-state index >= 15 is 0 Å². The van der Waals surface area contributed by atoms with Gasteiger partial charge in [0.1, 0.15) is 11.5 Å². The second kappa shape index (κ2) is 10.8. The molecule has 0 aliphatic heterocycles. The minimum atomic E-state index is -0.901. The van der Waals surface area contributed by atoms with Gasteiger partial charge in [-0.05, 0) is 41.8 Å². The van der Waals surface area contributed by atoms with E-state index in [-0.39, 0.29) is 16.9 Å². The summed E-state index contributed by atoms with van der Waals surface area (Å²) in [6.45, 7) is 2.87. The minimum absolute atomic E-state index is 0.0788. The highest BCUT2D eigenvalue weighted by Crippen LogP contribution is 2.32. The van der Waals surface area contributed by atoms with Crippen LogP contribution in [0.4, 0.5) is 8.78 Å². The molecule has 0 saturated carbocycles. The van der Waals surface area contributed by atoms with Crippen molar-refractivity contribution in [1.82, 2.24) is 0 Å². The molecule has 0 amide bonds. The average Bonchev–Trinajstić information content (AvgIpc) is 2.76. The van der Waals surface area contributed by atoms with Gasteiger partial charge >= 0.3 is 0 Å². The third kappa shape index (κ3) is 5.59. The number of unbranched alkanes of at least 4 members (excludes halogenated alkanes) is 5. The molecule has 158 valence electrons. The Morgan fingerprint density at radius 3 is 1.73 bits per heavy atom. The van der Waals surface area contributed by atoms with Crippen molar-refractivity contribution in [1.29, 1.82) is 0 Å². The lowest BCUT2D eigenvalue weighted by atomic mass is 9.98. The maximum Gasteiger partial charge on any atom is 0.167 e. The normalized spacial score (nSPS) is 10.9. The van der Waals surface area contributed by atoms with E-state index in [9.17, 15) is 13.9 Å². The molecule has 0 fully saturated rings. The molecule has 3 rings (SSSR count). The number of rotatable bonds is 10. The lowest BCUT2D eigenvalue weighted by Gasteiger charge is -2.11. The van der Waals surface area contributed by atoms with Gasteiger partial charge in [0.2, 0.25) is 0 Å². The number of phenols is 1. The van der Waals surface area contributed by atoms with Gasteiger partial charge in [-0.1, -0.05) is 75.4 Å². The summed E-state index contributed by atoms with van der Waals surface area (Å²) in [6, 6.07) is 16.2. The van der Waals surface area contributed by atoms with Gasteiger partial charge in [-0.3, -0.25) is 0 Å². The lowest BCUT2D eigenvalue weighted by Crippen LogP contribution is -1.97. The second-order valence-corrected chi connectivity index (χ2v) is 7.48. The molecule has 1 N–H and O–H groups in total. The van der Waals surface area contributed by atoms with Gasteiger partial charge in [0.25, 0.3) is 0 Å². The van der Waals surface area contributed by atoms with E-state index in [0.29, 0.717) is 17.7 Å². The molecule has 30 heavy (non-hydrogen) atoms. The summed E-state index contributed by atoms with van der Waals surface area (Å²) >= 11 is 0. The molecule has 0 atom stereocenters. The maximum absolute atomic E-state index is 14.7. The zero-order valence-electron chi connectivity index (χ0n) is 17.3. The Bertz CT molecular complexity index is 934. The van der Waals surface area contributed by atoms with Gasteiger partial charge in [-0.15, -0.1) is 0 Å². The summed E-state index contributed by atoms with van der Waals surface area (Å²) in [5, 5.41) is 9.38. The molecule has 0 aromatic heterocycles. The van der Waals surface area contributed by atoms with Crippen LogP contribution in [0.2, 0.25) is 0 Å². The van der Waals surface area contributed by atoms with Gasteiger partial charge in [0.15, 0.2) is 11.6 Å². The molecule has 3 aromatic rings. The van der Waals surface area contributed by atoms with Crippen LogP contribution in [-0.2, 0) is 0 Å². The Balaban J connectivity index is 1.63. The van der Waals surface area contributed by atoms with E-state index in [1.807, 2.05) is 0 Å². The summed E-state index contributed by atoms with van der Waals surface area (Å²) < 4.78 is 35.2. The van der Waals surface area contributed by atoms with Crippen molar-refractivity contribution < 1.29 is 18.6 Å². The average molecular weight is 411 g/mol. The molecule has 2 nitrogen and oxygen atoms in total. The van der Waals surface area contributed by atoms with Gasteiger partial charge in [0, 0.05) is 11.1 Å². The van der Waals surface area contributed by atoms with E-state index in [4.69, 9.17) is 4.74 Å². The first-order valence-electron chi connectivity index (χ1n) is 10.6. The van der Waals surface area contributed by atoms with Crippen molar-refractivity contribution in [3.63, 3.8) is 0 Å². The first kappa shape index (κ1) is 21.8. The zero-order valence-corrected chi connectivity index (χ0v) is 17.3. The Labute approximate surface area is 177 Å². The number of ether oxygens (including phenoxy) is 1. The monoisotopic (exact) mass is 410 g/mol. The Kier molecular flexibility index (Phi) is 7.83. The van der Waals surface area contributed by atoms with Crippen molar-refractivity contribution in [2.24, 2.45) is 0 Å². The fourth-order valence-corrected chi connectivity index (χ4v) is 3.44. The third-order valence-electron chi connectivity index (χ3n) is 5.19. The first-order valence-corrected chi connectivity index (χ1v) is 10.6. The quantitative estimate of drug-likeness (QED) is 0.346. The molecule has 0 aliphatic carbocycles. The van der Waals surface area contributed by atoms with E-state index in [0.717, 1.165) is 18.6 Å². The fraction of sp³-hybridized carbons (Fsp3) is 0.308. The molecular weight excluding hydrogens is 382 g/mol. The van der Waals surface area contributed by atoms with Crippen LogP contribution < -0.4 is 4.74 Å². The van der Waals surface area contributed by atoms with Crippen LogP contribution >= 0.6 is 0 Å². The first-order chi connectivity index (χ1) is 14.6. The summed E-state index contributed by atoms with van der Waals surface area (Å²) in [5.74, 6) is -0.980. The number of hydrogen-bond donors (Lipinski definition) is 1. The van der Waals surface area contributed by atoms with E-state index in [2.05, 4.69) is 6.92 Å². The van der Waals surface area contributed by atoms with E-state index < -0.39 is 11.6 Å². The highest BCUT2D eigenvalue weighted by Gasteiger charge is 2.16. The highest BCUT2D eigenvalue weighted by molar-refractivity contribution is 5.72. The molecular formula is C26H28F2O2. The van der Waals surface area contributed by atoms with Crippen molar-refractivity contribution >= 4 is 0 Å². The highest BCUT2D eigenvalue weighted by atomic mass is 19.2. The number of aromatic hydroxyl groups is 1. The van der Waals surface area contributed by atoms with E-state index in [1.165, 1.54) is 37.8 Å². The van der Waals surface area contributed by atoms with Crippen LogP contribution in [-0.4, -0.2) is 11.7 Å². The van der Waals surface area contributed by atoms with Crippen molar-refractivity contribution in [3.05, 3.63) is 72.3 Å². The number of phenolic OH excluding ortho intramolecular Hbond substituents is 1. The van der Waals surface area contributed by atoms with Crippen LogP contribution in [0.1, 0.15) is 45.4 Å². The lowest BCUT2D eigenvalue weighted by molar-refractivity contribution is 0.304. The van der Waals surface area contributed by atoms with Crippen LogP contribution in [0, 0.1) is 11.6 Å². The second-order valence-electron chi connectivity index (χ2n) is 7.48. The van der Waals surface area contributed by atoms with Crippen LogP contribution in [0.5, 0.6) is 11.5 Å². The van der Waals surface area contributed by atoms with Crippen LogP contribution in [0.25, 0.3) is 22.3 Å². The molecule has 3 aromatic carbocycles. The third-order valence-corrected chi connectivity index (χ3v) is 5.19. The Morgan fingerprint density at radius 2 is 1.17 bits per heavy atom. The zero-order chi connectivity index (χ0) is 21.3. The SMILES string of the molecule is CCCCCCCCOc1ccc(-c2ccc(-c3ccc(O)cc3)c(F)c2F)cc1. The molecule has 0 saturated heterocycles. The Hall–Kier alpha value is -2.88. The number of benzene rings is 3. The standard InChI is InChI=1S/C26H28F2O2/c1-2-3-4-5-6-7-18-30-22-14-10-20(11-15-22)24-17-16-23(25(27)26(24)28)19-8-12-21(29)13-9-19/h8-17,29H,2-7,18H2,1H3. The Morgan fingerprint density at radius 1 is 0.667 bits per heavy atom. The smallest absolute Gasteiger partial charge is 0.167 e. The molecule has 0 spiro atoms. The van der Waals surface area contributed by atoms with Gasteiger partial charge in [0.05, 0.1) is 6.61 Å². The molecule has 0 aliphatic rings. The van der Waals surface area contributed by atoms with Gasteiger partial charge in [-0.25, -0.2) is 8.78 Å². The van der Waals surface area contributed by atoms with Crippen LogP contribution in [0.15, 0.2) is 60.7 Å². The number of hydrogen-bond acceptors (Lipinski definition) is 2. The van der Waals surface area contributed by atoms with Crippen molar-refractivity contribution in [2.75, 3.05) is 6.61 Å². The van der Waals surface area contributed by atoms with Crippen molar-refractivity contribution in [3.8, 4) is 33.8 Å². The molecule has 0 unspecified atom stereocenters. The largest absolute Gasteiger partial charge is 0.508 e.